The average Bonchev–Trinajstić information content (AvgIpc) is 2.90. The van der Waals surface area contributed by atoms with Gasteiger partial charge in [-0.15, -0.1) is 0 Å². The number of fused-ring (bicyclic) bond motifs is 1. The van der Waals surface area contributed by atoms with E-state index in [2.05, 4.69) is 0 Å². The number of alkyl halides is 3. The lowest BCUT2D eigenvalue weighted by atomic mass is 10.0. The summed E-state index contributed by atoms with van der Waals surface area (Å²) in [5, 5.41) is 9.42. The van der Waals surface area contributed by atoms with Crippen LogP contribution in [0.3, 0.4) is 0 Å². The molecule has 0 aliphatic rings. The second kappa shape index (κ2) is 6.41. The SMILES string of the molecule is CS(=O)(=O)c1cccc(-c2ccc3c(C(=O)O)cn(CC(F)(F)F)c3c2)c1. The van der Waals surface area contributed by atoms with Crippen LogP contribution in [0.25, 0.3) is 22.0 Å². The quantitative estimate of drug-likeness (QED) is 0.723. The topological polar surface area (TPSA) is 76.4 Å². The van der Waals surface area contributed by atoms with E-state index >= 15 is 0 Å². The molecule has 0 amide bonds. The first-order valence-electron chi connectivity index (χ1n) is 7.69. The molecule has 0 bridgehead atoms. The molecule has 0 spiro atoms. The molecule has 9 heteroatoms. The van der Waals surface area contributed by atoms with Gasteiger partial charge in [0.25, 0.3) is 0 Å². The monoisotopic (exact) mass is 397 g/mol. The molecule has 0 saturated carbocycles. The van der Waals surface area contributed by atoms with Crippen LogP contribution in [0.5, 0.6) is 0 Å². The van der Waals surface area contributed by atoms with Gasteiger partial charge in [0.05, 0.1) is 10.5 Å². The zero-order valence-electron chi connectivity index (χ0n) is 14.0. The number of halogens is 3. The maximum Gasteiger partial charge on any atom is 0.406 e. The third-order valence-electron chi connectivity index (χ3n) is 4.06. The summed E-state index contributed by atoms with van der Waals surface area (Å²) >= 11 is 0. The number of rotatable bonds is 4. The molecular weight excluding hydrogens is 383 g/mol. The van der Waals surface area contributed by atoms with Crippen LogP contribution in [0.2, 0.25) is 0 Å². The third-order valence-corrected chi connectivity index (χ3v) is 5.17. The van der Waals surface area contributed by atoms with Gasteiger partial charge in [-0.05, 0) is 29.3 Å². The van der Waals surface area contributed by atoms with Crippen molar-refractivity contribution in [2.45, 2.75) is 17.6 Å². The molecule has 1 heterocycles. The highest BCUT2D eigenvalue weighted by atomic mass is 32.2. The fourth-order valence-electron chi connectivity index (χ4n) is 2.87. The molecule has 3 rings (SSSR count). The van der Waals surface area contributed by atoms with E-state index in [1.165, 1.54) is 30.3 Å². The van der Waals surface area contributed by atoms with Gasteiger partial charge in [0.15, 0.2) is 9.84 Å². The molecule has 2 aromatic carbocycles. The molecule has 142 valence electrons. The Morgan fingerprint density at radius 2 is 1.78 bits per heavy atom. The van der Waals surface area contributed by atoms with Gasteiger partial charge < -0.3 is 9.67 Å². The molecule has 5 nitrogen and oxygen atoms in total. The molecule has 0 aliphatic heterocycles. The van der Waals surface area contributed by atoms with Crippen LogP contribution >= 0.6 is 0 Å². The van der Waals surface area contributed by atoms with Gasteiger partial charge in [-0.3, -0.25) is 0 Å². The normalized spacial score (nSPS) is 12.4. The molecule has 0 radical (unpaired) electrons. The van der Waals surface area contributed by atoms with Crippen LogP contribution in [0, 0.1) is 0 Å². The van der Waals surface area contributed by atoms with Crippen molar-refractivity contribution in [3.63, 3.8) is 0 Å². The first kappa shape index (κ1) is 19.0. The van der Waals surface area contributed by atoms with Crippen LogP contribution in [0.1, 0.15) is 10.4 Å². The average molecular weight is 397 g/mol. The summed E-state index contributed by atoms with van der Waals surface area (Å²) in [6, 6.07) is 10.4. The number of carbonyl (C=O) groups is 1. The maximum atomic E-state index is 12.9. The van der Waals surface area contributed by atoms with Gasteiger partial charge in [-0.25, -0.2) is 13.2 Å². The predicted octanol–water partition coefficient (Wildman–Crippen LogP) is 3.97. The van der Waals surface area contributed by atoms with Crippen LogP contribution in [-0.2, 0) is 16.4 Å². The van der Waals surface area contributed by atoms with E-state index in [0.717, 1.165) is 17.0 Å². The summed E-state index contributed by atoms with van der Waals surface area (Å²) in [6.45, 7) is -1.33. The highest BCUT2D eigenvalue weighted by Gasteiger charge is 2.29. The van der Waals surface area contributed by atoms with Crippen molar-refractivity contribution in [3.8, 4) is 11.1 Å². The van der Waals surface area contributed by atoms with Gasteiger partial charge in [0.2, 0.25) is 0 Å². The second-order valence-corrected chi connectivity index (χ2v) is 8.14. The van der Waals surface area contributed by atoms with E-state index in [1.807, 2.05) is 0 Å². The number of carboxylic acids is 1. The van der Waals surface area contributed by atoms with Gasteiger partial charge in [0, 0.05) is 23.4 Å². The van der Waals surface area contributed by atoms with Gasteiger partial charge in [0.1, 0.15) is 6.54 Å². The molecule has 0 saturated heterocycles. The molecule has 3 aromatic rings. The third kappa shape index (κ3) is 3.97. The van der Waals surface area contributed by atoms with Gasteiger partial charge in [-0.2, -0.15) is 13.2 Å². The molecular formula is C18H14F3NO4S. The Labute approximate surface area is 152 Å². The lowest BCUT2D eigenvalue weighted by Gasteiger charge is -2.10. The Hall–Kier alpha value is -2.81. The van der Waals surface area contributed by atoms with E-state index in [0.29, 0.717) is 11.1 Å². The van der Waals surface area contributed by atoms with Crippen molar-refractivity contribution in [2.24, 2.45) is 0 Å². The molecule has 0 aliphatic carbocycles. The Morgan fingerprint density at radius 3 is 2.37 bits per heavy atom. The number of aromatic carboxylic acids is 1. The first-order valence-corrected chi connectivity index (χ1v) is 9.58. The number of hydrogen-bond acceptors (Lipinski definition) is 3. The summed E-state index contributed by atoms with van der Waals surface area (Å²) in [5.41, 5.74) is 0.848. The summed E-state index contributed by atoms with van der Waals surface area (Å²) < 4.78 is 62.8. The summed E-state index contributed by atoms with van der Waals surface area (Å²) in [7, 11) is -3.45. The van der Waals surface area contributed by atoms with E-state index in [9.17, 15) is 31.5 Å². The molecule has 0 fully saturated rings. The van der Waals surface area contributed by atoms with E-state index in [-0.39, 0.29) is 21.4 Å². The second-order valence-electron chi connectivity index (χ2n) is 6.12. The number of hydrogen-bond donors (Lipinski definition) is 1. The molecule has 0 unspecified atom stereocenters. The summed E-state index contributed by atoms with van der Waals surface area (Å²) in [5.74, 6) is -1.33. The molecule has 1 N–H and O–H groups in total. The number of carboxylic acid groups (broad SMARTS) is 1. The minimum atomic E-state index is -4.52. The standard InChI is InChI=1S/C18H14F3NO4S/c1-27(25,26)13-4-2-3-11(7-13)12-5-6-14-15(17(23)24)9-22(16(14)8-12)10-18(19,20)21/h2-9H,10H2,1H3,(H,23,24). The van der Waals surface area contributed by atoms with Crippen LogP contribution in [0.15, 0.2) is 53.6 Å². The van der Waals surface area contributed by atoms with Crippen molar-refractivity contribution in [1.82, 2.24) is 4.57 Å². The highest BCUT2D eigenvalue weighted by Crippen LogP contribution is 2.31. The zero-order chi connectivity index (χ0) is 20.0. The summed E-state index contributed by atoms with van der Waals surface area (Å²) in [6.07, 6.45) is -2.51. The lowest BCUT2D eigenvalue weighted by Crippen LogP contribution is -2.16. The number of nitrogens with zero attached hydrogens (tertiary/aromatic N) is 1. The molecule has 1 aromatic heterocycles. The zero-order valence-corrected chi connectivity index (χ0v) is 14.8. The molecule has 0 atom stereocenters. The van der Waals surface area contributed by atoms with Crippen molar-refractivity contribution < 1.29 is 31.5 Å². The largest absolute Gasteiger partial charge is 0.478 e. The fourth-order valence-corrected chi connectivity index (χ4v) is 3.54. The van der Waals surface area contributed by atoms with Crippen LogP contribution in [-0.4, -0.2) is 36.5 Å². The highest BCUT2D eigenvalue weighted by molar-refractivity contribution is 7.90. The van der Waals surface area contributed by atoms with Crippen molar-refractivity contribution in [3.05, 3.63) is 54.2 Å². The smallest absolute Gasteiger partial charge is 0.406 e. The van der Waals surface area contributed by atoms with Gasteiger partial charge in [-0.1, -0.05) is 24.3 Å². The number of benzene rings is 2. The first-order chi connectivity index (χ1) is 12.5. The van der Waals surface area contributed by atoms with Crippen LogP contribution in [0.4, 0.5) is 13.2 Å². The number of sulfone groups is 1. The minimum Gasteiger partial charge on any atom is -0.478 e. The Balaban J connectivity index is 2.20. The fraction of sp³-hybridized carbons (Fsp3) is 0.167. The van der Waals surface area contributed by atoms with Crippen molar-refractivity contribution in [2.75, 3.05) is 6.26 Å². The van der Waals surface area contributed by atoms with E-state index in [1.54, 1.807) is 12.1 Å². The van der Waals surface area contributed by atoms with E-state index < -0.39 is 28.5 Å². The van der Waals surface area contributed by atoms with Crippen LogP contribution < -0.4 is 0 Å². The number of aromatic nitrogens is 1. The Bertz CT molecular complexity index is 1150. The van der Waals surface area contributed by atoms with Crippen molar-refractivity contribution >= 4 is 26.7 Å². The minimum absolute atomic E-state index is 0.0806. The predicted molar refractivity (Wildman–Crippen MR) is 93.5 cm³/mol. The van der Waals surface area contributed by atoms with E-state index in [4.69, 9.17) is 0 Å². The summed E-state index contributed by atoms with van der Waals surface area (Å²) in [4.78, 5) is 11.4. The lowest BCUT2D eigenvalue weighted by molar-refractivity contribution is -0.139. The van der Waals surface area contributed by atoms with Crippen molar-refractivity contribution in [1.29, 1.82) is 0 Å². The Morgan fingerprint density at radius 1 is 1.11 bits per heavy atom. The Kier molecular flexibility index (Phi) is 4.51. The maximum absolute atomic E-state index is 12.9. The van der Waals surface area contributed by atoms with Gasteiger partial charge >= 0.3 is 12.1 Å². The molecule has 27 heavy (non-hydrogen) atoms.